The molecule has 3 heteroatoms. The average molecular weight is 252 g/mol. The third-order valence-corrected chi connectivity index (χ3v) is 4.81. The first-order valence-electron chi connectivity index (χ1n) is 6.77. The van der Waals surface area contributed by atoms with Crippen LogP contribution in [0.3, 0.4) is 0 Å². The summed E-state index contributed by atoms with van der Waals surface area (Å²) in [4.78, 5) is 4.14. The minimum absolute atomic E-state index is 0.692. The van der Waals surface area contributed by atoms with Gasteiger partial charge in [0.15, 0.2) is 0 Å². The van der Waals surface area contributed by atoms with Gasteiger partial charge >= 0.3 is 0 Å². The lowest BCUT2D eigenvalue weighted by Gasteiger charge is -2.36. The SMILES string of the molecule is CCC(C)C1CN(CCc2cccs2)CCN1. The van der Waals surface area contributed by atoms with Crippen LogP contribution in [-0.4, -0.2) is 37.1 Å². The Balaban J connectivity index is 1.77. The summed E-state index contributed by atoms with van der Waals surface area (Å²) in [5, 5.41) is 5.83. The first-order valence-corrected chi connectivity index (χ1v) is 7.65. The molecule has 1 aromatic rings. The monoisotopic (exact) mass is 252 g/mol. The molecule has 0 saturated carbocycles. The molecule has 0 radical (unpaired) electrons. The van der Waals surface area contributed by atoms with Crippen molar-refractivity contribution in [2.24, 2.45) is 5.92 Å². The molecule has 2 rings (SSSR count). The summed E-state index contributed by atoms with van der Waals surface area (Å²) in [6.45, 7) is 9.45. The maximum absolute atomic E-state index is 3.65. The molecule has 0 aromatic carbocycles. The molecule has 17 heavy (non-hydrogen) atoms. The van der Waals surface area contributed by atoms with Crippen molar-refractivity contribution < 1.29 is 0 Å². The highest BCUT2D eigenvalue weighted by atomic mass is 32.1. The van der Waals surface area contributed by atoms with E-state index in [1.54, 1.807) is 0 Å². The number of rotatable bonds is 5. The molecule has 1 N–H and O–H groups in total. The maximum atomic E-state index is 3.65. The van der Waals surface area contributed by atoms with Crippen LogP contribution in [0.2, 0.25) is 0 Å². The highest BCUT2D eigenvalue weighted by Gasteiger charge is 2.22. The number of thiophene rings is 1. The van der Waals surface area contributed by atoms with Gasteiger partial charge in [-0.1, -0.05) is 26.3 Å². The quantitative estimate of drug-likeness (QED) is 0.866. The molecule has 1 aliphatic rings. The molecule has 96 valence electrons. The molecular formula is C14H24N2S. The molecule has 0 aliphatic carbocycles. The second-order valence-electron chi connectivity index (χ2n) is 5.08. The van der Waals surface area contributed by atoms with Gasteiger partial charge in [0.25, 0.3) is 0 Å². The molecular weight excluding hydrogens is 228 g/mol. The molecule has 2 unspecified atom stereocenters. The number of piperazine rings is 1. The van der Waals surface area contributed by atoms with Crippen molar-refractivity contribution in [3.8, 4) is 0 Å². The van der Waals surface area contributed by atoms with Crippen LogP contribution in [0.1, 0.15) is 25.1 Å². The molecule has 0 amide bonds. The van der Waals surface area contributed by atoms with Crippen molar-refractivity contribution in [2.45, 2.75) is 32.7 Å². The molecule has 2 nitrogen and oxygen atoms in total. The Morgan fingerprint density at radius 2 is 2.47 bits per heavy atom. The van der Waals surface area contributed by atoms with E-state index in [0.29, 0.717) is 6.04 Å². The minimum atomic E-state index is 0.692. The molecule has 1 saturated heterocycles. The summed E-state index contributed by atoms with van der Waals surface area (Å²) in [6.07, 6.45) is 2.49. The minimum Gasteiger partial charge on any atom is -0.311 e. The summed E-state index contributed by atoms with van der Waals surface area (Å²) in [7, 11) is 0. The van der Waals surface area contributed by atoms with E-state index in [1.807, 2.05) is 11.3 Å². The van der Waals surface area contributed by atoms with Gasteiger partial charge in [-0.25, -0.2) is 0 Å². The topological polar surface area (TPSA) is 15.3 Å². The van der Waals surface area contributed by atoms with Crippen molar-refractivity contribution in [1.29, 1.82) is 0 Å². The van der Waals surface area contributed by atoms with Gasteiger partial charge in [-0.05, 0) is 23.8 Å². The van der Waals surface area contributed by atoms with Gasteiger partial charge in [0.2, 0.25) is 0 Å². The van der Waals surface area contributed by atoms with E-state index in [-0.39, 0.29) is 0 Å². The Labute approximate surface area is 109 Å². The second kappa shape index (κ2) is 6.53. The summed E-state index contributed by atoms with van der Waals surface area (Å²) >= 11 is 1.88. The first-order chi connectivity index (χ1) is 8.29. The fourth-order valence-electron chi connectivity index (χ4n) is 2.43. The number of hydrogen-bond acceptors (Lipinski definition) is 3. The molecule has 1 aliphatic heterocycles. The predicted octanol–water partition coefficient (Wildman–Crippen LogP) is 2.61. The van der Waals surface area contributed by atoms with E-state index in [9.17, 15) is 0 Å². The molecule has 1 aromatic heterocycles. The van der Waals surface area contributed by atoms with Crippen LogP contribution in [0.4, 0.5) is 0 Å². The summed E-state index contributed by atoms with van der Waals surface area (Å²) in [5.74, 6) is 0.791. The van der Waals surface area contributed by atoms with Gasteiger partial charge in [0, 0.05) is 37.1 Å². The van der Waals surface area contributed by atoms with Gasteiger partial charge in [0.1, 0.15) is 0 Å². The standard InChI is InChI=1S/C14H24N2S/c1-3-12(2)14-11-16(9-7-15-14)8-6-13-5-4-10-17-13/h4-5,10,12,14-15H,3,6-9,11H2,1-2H3. The second-order valence-corrected chi connectivity index (χ2v) is 6.11. The third kappa shape index (κ3) is 3.80. The van der Waals surface area contributed by atoms with Crippen molar-refractivity contribution in [3.05, 3.63) is 22.4 Å². The lowest BCUT2D eigenvalue weighted by Crippen LogP contribution is -2.53. The Hall–Kier alpha value is -0.380. The normalized spacial score (nSPS) is 23.8. The van der Waals surface area contributed by atoms with Gasteiger partial charge in [-0.15, -0.1) is 11.3 Å². The van der Waals surface area contributed by atoms with Gasteiger partial charge < -0.3 is 10.2 Å². The van der Waals surface area contributed by atoms with Gasteiger partial charge in [-0.3, -0.25) is 0 Å². The van der Waals surface area contributed by atoms with Crippen molar-refractivity contribution in [3.63, 3.8) is 0 Å². The fourth-order valence-corrected chi connectivity index (χ4v) is 3.13. The van der Waals surface area contributed by atoms with E-state index >= 15 is 0 Å². The lowest BCUT2D eigenvalue weighted by atomic mass is 9.97. The molecule has 2 atom stereocenters. The Morgan fingerprint density at radius 1 is 1.59 bits per heavy atom. The van der Waals surface area contributed by atoms with Gasteiger partial charge in [-0.2, -0.15) is 0 Å². The lowest BCUT2D eigenvalue weighted by molar-refractivity contribution is 0.170. The number of nitrogens with zero attached hydrogens (tertiary/aromatic N) is 1. The average Bonchev–Trinajstić information content (AvgIpc) is 2.89. The molecule has 0 spiro atoms. The summed E-state index contributed by atoms with van der Waals surface area (Å²) in [5.41, 5.74) is 0. The van der Waals surface area contributed by atoms with Crippen molar-refractivity contribution in [1.82, 2.24) is 10.2 Å². The zero-order valence-electron chi connectivity index (χ0n) is 11.0. The maximum Gasteiger partial charge on any atom is 0.0221 e. The van der Waals surface area contributed by atoms with Crippen molar-refractivity contribution >= 4 is 11.3 Å². The van der Waals surface area contributed by atoms with Crippen molar-refractivity contribution in [2.75, 3.05) is 26.2 Å². The summed E-state index contributed by atoms with van der Waals surface area (Å²) in [6, 6.07) is 5.09. The largest absolute Gasteiger partial charge is 0.311 e. The summed E-state index contributed by atoms with van der Waals surface area (Å²) < 4.78 is 0. The van der Waals surface area contributed by atoms with Crippen LogP contribution < -0.4 is 5.32 Å². The van der Waals surface area contributed by atoms with Crippen LogP contribution in [-0.2, 0) is 6.42 Å². The predicted molar refractivity (Wildman–Crippen MR) is 75.7 cm³/mol. The molecule has 1 fully saturated rings. The smallest absolute Gasteiger partial charge is 0.0221 e. The first kappa shape index (κ1) is 13.1. The van der Waals surface area contributed by atoms with Crippen LogP contribution in [0.25, 0.3) is 0 Å². The zero-order chi connectivity index (χ0) is 12.1. The van der Waals surface area contributed by atoms with Crippen LogP contribution in [0.15, 0.2) is 17.5 Å². The van der Waals surface area contributed by atoms with Crippen LogP contribution in [0.5, 0.6) is 0 Å². The van der Waals surface area contributed by atoms with E-state index in [1.165, 1.54) is 37.4 Å². The highest BCUT2D eigenvalue weighted by molar-refractivity contribution is 7.09. The zero-order valence-corrected chi connectivity index (χ0v) is 11.8. The number of nitrogens with one attached hydrogen (secondary N) is 1. The molecule has 0 bridgehead atoms. The van der Waals surface area contributed by atoms with E-state index < -0.39 is 0 Å². The highest BCUT2D eigenvalue weighted by Crippen LogP contribution is 2.14. The Morgan fingerprint density at radius 3 is 3.18 bits per heavy atom. The van der Waals surface area contributed by atoms with E-state index in [2.05, 4.69) is 41.6 Å². The fraction of sp³-hybridized carbons (Fsp3) is 0.714. The Bertz CT molecular complexity index is 310. The Kier molecular flexibility index (Phi) is 5.01. The van der Waals surface area contributed by atoms with Crippen LogP contribution in [0, 0.1) is 5.92 Å². The third-order valence-electron chi connectivity index (χ3n) is 3.87. The number of hydrogen-bond donors (Lipinski definition) is 1. The van der Waals surface area contributed by atoms with E-state index in [4.69, 9.17) is 0 Å². The van der Waals surface area contributed by atoms with E-state index in [0.717, 1.165) is 12.5 Å². The van der Waals surface area contributed by atoms with Gasteiger partial charge in [0.05, 0.1) is 0 Å². The molecule has 2 heterocycles. The van der Waals surface area contributed by atoms with Crippen LogP contribution >= 0.6 is 11.3 Å².